The molecule has 0 heterocycles. The number of rotatable bonds is 7. The summed E-state index contributed by atoms with van der Waals surface area (Å²) in [5.74, 6) is 1.77. The van der Waals surface area contributed by atoms with Gasteiger partial charge in [0.05, 0.1) is 6.07 Å². The smallest absolute Gasteiger partial charge is 0.123 e. The fourth-order valence-corrected chi connectivity index (χ4v) is 6.99. The van der Waals surface area contributed by atoms with Gasteiger partial charge in [-0.2, -0.15) is 5.26 Å². The minimum absolute atomic E-state index is 0.0687. The molecule has 1 aromatic rings. The normalized spacial score (nSPS) is 28.5. The minimum Gasteiger partial charge on any atom is -0.507 e. The zero-order valence-electron chi connectivity index (χ0n) is 18.9. The van der Waals surface area contributed by atoms with Gasteiger partial charge in [-0.05, 0) is 79.4 Å². The maximum absolute atomic E-state index is 11.1. The molecule has 3 heteroatoms. The molecule has 2 bridgehead atoms. The first-order valence-electron chi connectivity index (χ1n) is 11.9. The number of allylic oxidation sites excluding steroid dienone is 2. The van der Waals surface area contributed by atoms with Crippen molar-refractivity contribution in [2.75, 3.05) is 0 Å². The summed E-state index contributed by atoms with van der Waals surface area (Å²) in [6.45, 7) is 6.87. The average molecular weight is 408 g/mol. The Balaban J connectivity index is 1.61. The van der Waals surface area contributed by atoms with Gasteiger partial charge in [0.1, 0.15) is 11.5 Å². The van der Waals surface area contributed by atoms with E-state index in [1.807, 2.05) is 12.1 Å². The second-order valence-corrected chi connectivity index (χ2v) is 10.8. The fraction of sp³-hybridized carbons (Fsp3) is 0.667. The molecule has 3 nitrogen and oxygen atoms in total. The van der Waals surface area contributed by atoms with E-state index < -0.39 is 0 Å². The molecule has 4 aliphatic rings. The van der Waals surface area contributed by atoms with E-state index in [9.17, 15) is 10.2 Å². The number of unbranched alkanes of at least 4 members (excludes halogenated alkanes) is 3. The van der Waals surface area contributed by atoms with Crippen LogP contribution in [0, 0.1) is 28.6 Å². The summed E-state index contributed by atoms with van der Waals surface area (Å²) >= 11 is 0. The predicted molar refractivity (Wildman–Crippen MR) is 120 cm³/mol. The van der Waals surface area contributed by atoms with Crippen LogP contribution in [-0.4, -0.2) is 10.2 Å². The van der Waals surface area contributed by atoms with Gasteiger partial charge >= 0.3 is 0 Å². The quantitative estimate of drug-likeness (QED) is 0.374. The van der Waals surface area contributed by atoms with Crippen molar-refractivity contribution >= 4 is 0 Å². The number of hydrogen-bond acceptors (Lipinski definition) is 3. The lowest BCUT2D eigenvalue weighted by molar-refractivity contribution is -0.0198. The Bertz CT molecular complexity index is 846. The van der Waals surface area contributed by atoms with Gasteiger partial charge in [-0.1, -0.05) is 51.2 Å². The number of nitrogens with zero attached hydrogens (tertiary/aromatic N) is 1. The number of fused-ring (bicyclic) bond motifs is 1. The molecule has 2 N–H and O–H groups in total. The predicted octanol–water partition coefficient (Wildman–Crippen LogP) is 7.09. The maximum atomic E-state index is 11.1. The zero-order chi connectivity index (χ0) is 21.5. The summed E-state index contributed by atoms with van der Waals surface area (Å²) in [5.41, 5.74) is 3.55. The molecule has 0 aromatic heterocycles. The van der Waals surface area contributed by atoms with Crippen LogP contribution in [-0.2, 0) is 5.41 Å². The number of phenolic OH excluding ortho intramolecular Hbond substituents is 2. The highest BCUT2D eigenvalue weighted by molar-refractivity contribution is 5.54. The van der Waals surface area contributed by atoms with E-state index in [0.29, 0.717) is 18.3 Å². The lowest BCUT2D eigenvalue weighted by atomic mass is 9.45. The van der Waals surface area contributed by atoms with E-state index in [4.69, 9.17) is 5.26 Å². The summed E-state index contributed by atoms with van der Waals surface area (Å²) in [7, 11) is 0. The van der Waals surface area contributed by atoms with Crippen LogP contribution in [0.5, 0.6) is 11.5 Å². The zero-order valence-corrected chi connectivity index (χ0v) is 18.9. The first-order valence-corrected chi connectivity index (χ1v) is 11.9. The molecule has 1 unspecified atom stereocenters. The van der Waals surface area contributed by atoms with Gasteiger partial charge in [-0.25, -0.2) is 0 Å². The molecule has 4 aliphatic carbocycles. The molecule has 0 aliphatic heterocycles. The molecular formula is C27H37NO2. The van der Waals surface area contributed by atoms with Gasteiger partial charge in [-0.3, -0.25) is 0 Å². The standard InChI is InChI=1S/C27H37NO2/c1-18-14-20(22-17-21(18)26(22,2)3)25-23(29)15-19(16-24(25)30)27(11-7-8-12-27)10-6-4-5-9-13-28/h14-16,20-22,29-30H,4-12,17H2,1-3H3/t20?,21-,22+/m1/s1. The molecule has 0 saturated heterocycles. The SMILES string of the molecule is CC1=CC(c2c(O)cc(C3(CCCCCC#N)CCCC3)cc2O)[C@@H]2C[C@H]1C2(C)C. The second-order valence-electron chi connectivity index (χ2n) is 10.8. The number of nitriles is 1. The Kier molecular flexibility index (Phi) is 5.64. The summed E-state index contributed by atoms with van der Waals surface area (Å²) in [6, 6.07) is 6.17. The average Bonchev–Trinajstić information content (AvgIpc) is 3.16. The Hall–Kier alpha value is -1.95. The van der Waals surface area contributed by atoms with Crippen LogP contribution >= 0.6 is 0 Å². The summed E-state index contributed by atoms with van der Waals surface area (Å²) in [6.07, 6.45) is 13.0. The highest BCUT2D eigenvalue weighted by atomic mass is 16.3. The van der Waals surface area contributed by atoms with Crippen molar-refractivity contribution in [2.45, 2.75) is 96.3 Å². The van der Waals surface area contributed by atoms with E-state index in [0.717, 1.165) is 56.1 Å². The van der Waals surface area contributed by atoms with Gasteiger partial charge in [-0.15, -0.1) is 0 Å². The van der Waals surface area contributed by atoms with Crippen molar-refractivity contribution in [3.63, 3.8) is 0 Å². The van der Waals surface area contributed by atoms with Crippen molar-refractivity contribution in [3.05, 3.63) is 34.9 Å². The van der Waals surface area contributed by atoms with E-state index >= 15 is 0 Å². The number of benzene rings is 1. The monoisotopic (exact) mass is 407 g/mol. The lowest BCUT2D eigenvalue weighted by Crippen LogP contribution is -2.50. The maximum Gasteiger partial charge on any atom is 0.123 e. The van der Waals surface area contributed by atoms with Crippen LogP contribution in [0.4, 0.5) is 0 Å². The minimum atomic E-state index is 0.0687. The number of aromatic hydroxyl groups is 2. The fourth-order valence-electron chi connectivity index (χ4n) is 6.99. The molecule has 2 fully saturated rings. The van der Waals surface area contributed by atoms with E-state index in [2.05, 4.69) is 32.9 Å². The first kappa shape index (κ1) is 21.3. The molecule has 2 saturated carbocycles. The third kappa shape index (κ3) is 3.43. The van der Waals surface area contributed by atoms with Gasteiger partial charge in [0.2, 0.25) is 0 Å². The van der Waals surface area contributed by atoms with Crippen molar-refractivity contribution in [1.82, 2.24) is 0 Å². The van der Waals surface area contributed by atoms with Gasteiger partial charge in [0.15, 0.2) is 0 Å². The topological polar surface area (TPSA) is 64.2 Å². The second kappa shape index (κ2) is 7.95. The van der Waals surface area contributed by atoms with E-state index in [-0.39, 0.29) is 28.2 Å². The summed E-state index contributed by atoms with van der Waals surface area (Å²) in [4.78, 5) is 0. The number of hydrogen-bond donors (Lipinski definition) is 2. The van der Waals surface area contributed by atoms with Crippen LogP contribution in [0.1, 0.15) is 102 Å². The van der Waals surface area contributed by atoms with Crippen LogP contribution in [0.2, 0.25) is 0 Å². The van der Waals surface area contributed by atoms with Crippen LogP contribution in [0.15, 0.2) is 23.8 Å². The highest BCUT2D eigenvalue weighted by Crippen LogP contribution is 2.65. The van der Waals surface area contributed by atoms with Gasteiger partial charge in [0, 0.05) is 17.9 Å². The van der Waals surface area contributed by atoms with Crippen molar-refractivity contribution in [2.24, 2.45) is 17.3 Å². The molecule has 1 aromatic carbocycles. The third-order valence-electron chi connectivity index (χ3n) is 8.86. The number of phenols is 2. The Morgan fingerprint density at radius 1 is 1.07 bits per heavy atom. The molecular weight excluding hydrogens is 370 g/mol. The summed E-state index contributed by atoms with van der Waals surface area (Å²) < 4.78 is 0. The molecule has 0 spiro atoms. The van der Waals surface area contributed by atoms with Crippen molar-refractivity contribution < 1.29 is 10.2 Å². The van der Waals surface area contributed by atoms with Crippen molar-refractivity contribution in [3.8, 4) is 17.6 Å². The van der Waals surface area contributed by atoms with Crippen LogP contribution in [0.25, 0.3) is 0 Å². The molecule has 162 valence electrons. The molecule has 3 atom stereocenters. The highest BCUT2D eigenvalue weighted by Gasteiger charge is 2.55. The molecule has 5 rings (SSSR count). The van der Waals surface area contributed by atoms with Crippen LogP contribution < -0.4 is 0 Å². The Morgan fingerprint density at radius 3 is 2.30 bits per heavy atom. The lowest BCUT2D eigenvalue weighted by Gasteiger charge is -2.59. The van der Waals surface area contributed by atoms with E-state index in [1.165, 1.54) is 18.4 Å². The Labute approximate surface area is 181 Å². The van der Waals surface area contributed by atoms with Gasteiger partial charge in [0.25, 0.3) is 0 Å². The van der Waals surface area contributed by atoms with Crippen LogP contribution in [0.3, 0.4) is 0 Å². The third-order valence-corrected chi connectivity index (χ3v) is 8.86. The molecule has 30 heavy (non-hydrogen) atoms. The molecule has 0 amide bonds. The Morgan fingerprint density at radius 2 is 1.73 bits per heavy atom. The first-order chi connectivity index (χ1) is 14.3. The van der Waals surface area contributed by atoms with Crippen molar-refractivity contribution in [1.29, 1.82) is 5.26 Å². The molecule has 0 radical (unpaired) electrons. The van der Waals surface area contributed by atoms with E-state index in [1.54, 1.807) is 0 Å². The largest absolute Gasteiger partial charge is 0.507 e. The van der Waals surface area contributed by atoms with Gasteiger partial charge < -0.3 is 10.2 Å². The summed E-state index contributed by atoms with van der Waals surface area (Å²) in [5, 5.41) is 31.0.